The predicted molar refractivity (Wildman–Crippen MR) is 122 cm³/mol. The van der Waals surface area contributed by atoms with Crippen LogP contribution in [0.25, 0.3) is 6.08 Å². The van der Waals surface area contributed by atoms with Gasteiger partial charge in [0.25, 0.3) is 0 Å². The molecule has 1 N–H and O–H groups in total. The molecule has 0 aliphatic carbocycles. The summed E-state index contributed by atoms with van der Waals surface area (Å²) >= 11 is 0. The molecule has 2 fully saturated rings. The lowest BCUT2D eigenvalue weighted by molar-refractivity contribution is -0.111. The summed E-state index contributed by atoms with van der Waals surface area (Å²) in [7, 11) is -3.69. The zero-order valence-electron chi connectivity index (χ0n) is 17.7. The van der Waals surface area contributed by atoms with Crippen molar-refractivity contribution in [3.63, 3.8) is 0 Å². The maximum atomic E-state index is 13.1. The number of ether oxygens (including phenoxy) is 1. The van der Waals surface area contributed by atoms with Crippen LogP contribution in [0.2, 0.25) is 0 Å². The van der Waals surface area contributed by atoms with Gasteiger partial charge in [0.1, 0.15) is 5.82 Å². The molecule has 2 heterocycles. The fraction of sp³-hybridized carbons (Fsp3) is 0.348. The van der Waals surface area contributed by atoms with E-state index in [4.69, 9.17) is 4.74 Å². The molecule has 0 unspecified atom stereocenters. The largest absolute Gasteiger partial charge is 0.379 e. The standard InChI is InChI=1S/C23H26FN3O4S/c24-19-6-3-18(4-7-19)5-10-23(28)25-21-17-20(8-9-22(21)26-11-1-2-12-26)32(29,30)27-13-15-31-16-14-27/h3-10,17H,1-2,11-16H2,(H,25,28). The highest BCUT2D eigenvalue weighted by molar-refractivity contribution is 7.89. The van der Waals surface area contributed by atoms with Crippen molar-refractivity contribution in [2.24, 2.45) is 0 Å². The third kappa shape index (κ3) is 5.17. The first-order valence-electron chi connectivity index (χ1n) is 10.6. The Balaban J connectivity index is 1.59. The van der Waals surface area contributed by atoms with Crippen molar-refractivity contribution >= 4 is 33.4 Å². The Bertz CT molecular complexity index is 1090. The number of hydrogen-bond donors (Lipinski definition) is 1. The first kappa shape index (κ1) is 22.4. The molecule has 0 aromatic heterocycles. The molecule has 0 spiro atoms. The van der Waals surface area contributed by atoms with E-state index in [0.717, 1.165) is 31.6 Å². The molecule has 0 radical (unpaired) electrons. The smallest absolute Gasteiger partial charge is 0.248 e. The number of carbonyl (C=O) groups is 1. The van der Waals surface area contributed by atoms with Gasteiger partial charge in [-0.15, -0.1) is 0 Å². The monoisotopic (exact) mass is 459 g/mol. The molecule has 0 saturated carbocycles. The third-order valence-electron chi connectivity index (χ3n) is 5.58. The van der Waals surface area contributed by atoms with Crippen molar-refractivity contribution in [3.8, 4) is 0 Å². The fourth-order valence-corrected chi connectivity index (χ4v) is 5.30. The molecular formula is C23H26FN3O4S. The summed E-state index contributed by atoms with van der Waals surface area (Å²) < 4.78 is 45.9. The lowest BCUT2D eigenvalue weighted by Gasteiger charge is -2.27. The molecule has 32 heavy (non-hydrogen) atoms. The Morgan fingerprint density at radius 3 is 2.38 bits per heavy atom. The Morgan fingerprint density at radius 1 is 1.00 bits per heavy atom. The molecule has 0 atom stereocenters. The van der Waals surface area contributed by atoms with E-state index < -0.39 is 15.9 Å². The first-order chi connectivity index (χ1) is 15.4. The van der Waals surface area contributed by atoms with E-state index in [-0.39, 0.29) is 10.7 Å². The highest BCUT2D eigenvalue weighted by atomic mass is 32.2. The van der Waals surface area contributed by atoms with Gasteiger partial charge in [-0.2, -0.15) is 4.31 Å². The summed E-state index contributed by atoms with van der Waals surface area (Å²) in [6.07, 6.45) is 5.03. The Kier molecular flexibility index (Phi) is 6.88. The van der Waals surface area contributed by atoms with Gasteiger partial charge in [0.15, 0.2) is 0 Å². The summed E-state index contributed by atoms with van der Waals surface area (Å²) in [5, 5.41) is 2.84. The average molecular weight is 460 g/mol. The SMILES string of the molecule is O=C(C=Cc1ccc(F)cc1)Nc1cc(S(=O)(=O)N2CCOCC2)ccc1N1CCCC1. The van der Waals surface area contributed by atoms with Gasteiger partial charge in [0.05, 0.1) is 29.5 Å². The minimum atomic E-state index is -3.69. The lowest BCUT2D eigenvalue weighted by atomic mass is 10.2. The van der Waals surface area contributed by atoms with Crippen molar-refractivity contribution in [1.29, 1.82) is 0 Å². The number of morpholine rings is 1. The summed E-state index contributed by atoms with van der Waals surface area (Å²) in [6.45, 7) is 3.04. The quantitative estimate of drug-likeness (QED) is 0.672. The molecule has 1 amide bonds. The normalized spacial score (nSPS) is 17.7. The van der Waals surface area contributed by atoms with E-state index in [9.17, 15) is 17.6 Å². The zero-order chi connectivity index (χ0) is 22.6. The van der Waals surface area contributed by atoms with E-state index in [1.165, 1.54) is 28.6 Å². The second-order valence-electron chi connectivity index (χ2n) is 7.76. The number of rotatable bonds is 6. The van der Waals surface area contributed by atoms with Gasteiger partial charge in [0, 0.05) is 32.3 Å². The van der Waals surface area contributed by atoms with Gasteiger partial charge < -0.3 is 15.0 Å². The topological polar surface area (TPSA) is 79.0 Å². The van der Waals surface area contributed by atoms with E-state index in [2.05, 4.69) is 10.2 Å². The Hall–Kier alpha value is -2.75. The van der Waals surface area contributed by atoms with Crippen LogP contribution >= 0.6 is 0 Å². The zero-order valence-corrected chi connectivity index (χ0v) is 18.5. The highest BCUT2D eigenvalue weighted by Gasteiger charge is 2.28. The van der Waals surface area contributed by atoms with Crippen molar-refractivity contribution in [2.45, 2.75) is 17.7 Å². The second kappa shape index (κ2) is 9.81. The number of carbonyl (C=O) groups excluding carboxylic acids is 1. The van der Waals surface area contributed by atoms with Crippen LogP contribution in [0.4, 0.5) is 15.8 Å². The molecule has 2 aliphatic heterocycles. The Morgan fingerprint density at radius 2 is 1.69 bits per heavy atom. The van der Waals surface area contributed by atoms with Crippen LogP contribution in [0.3, 0.4) is 0 Å². The molecule has 7 nitrogen and oxygen atoms in total. The molecule has 170 valence electrons. The maximum Gasteiger partial charge on any atom is 0.248 e. The van der Waals surface area contributed by atoms with Crippen LogP contribution in [-0.2, 0) is 19.6 Å². The molecule has 2 aromatic rings. The summed E-state index contributed by atoms with van der Waals surface area (Å²) in [6, 6.07) is 10.7. The summed E-state index contributed by atoms with van der Waals surface area (Å²) in [5.41, 5.74) is 1.94. The van der Waals surface area contributed by atoms with Crippen LogP contribution in [-0.4, -0.2) is 58.0 Å². The summed E-state index contributed by atoms with van der Waals surface area (Å²) in [4.78, 5) is 14.9. The number of amides is 1. The van der Waals surface area contributed by atoms with E-state index in [1.54, 1.807) is 30.3 Å². The number of benzene rings is 2. The highest BCUT2D eigenvalue weighted by Crippen LogP contribution is 2.32. The Labute approximate surface area is 187 Å². The number of anilines is 2. The minimum absolute atomic E-state index is 0.139. The van der Waals surface area contributed by atoms with Crippen molar-refractivity contribution < 1.29 is 22.3 Å². The predicted octanol–water partition coefficient (Wildman–Crippen LogP) is 3.10. The van der Waals surface area contributed by atoms with Crippen LogP contribution in [0.5, 0.6) is 0 Å². The van der Waals surface area contributed by atoms with Crippen LogP contribution < -0.4 is 10.2 Å². The van der Waals surface area contributed by atoms with Gasteiger partial charge in [0.2, 0.25) is 15.9 Å². The first-order valence-corrected chi connectivity index (χ1v) is 12.1. The maximum absolute atomic E-state index is 13.1. The van der Waals surface area contributed by atoms with Crippen molar-refractivity contribution in [2.75, 3.05) is 49.6 Å². The number of hydrogen-bond acceptors (Lipinski definition) is 5. The van der Waals surface area contributed by atoms with Crippen molar-refractivity contribution in [3.05, 3.63) is 59.9 Å². The number of nitrogens with zero attached hydrogens (tertiary/aromatic N) is 2. The van der Waals surface area contributed by atoms with E-state index >= 15 is 0 Å². The average Bonchev–Trinajstić information content (AvgIpc) is 3.34. The van der Waals surface area contributed by atoms with Gasteiger partial charge >= 0.3 is 0 Å². The van der Waals surface area contributed by atoms with Gasteiger partial charge in [-0.3, -0.25) is 4.79 Å². The van der Waals surface area contributed by atoms with Crippen LogP contribution in [0.15, 0.2) is 53.4 Å². The second-order valence-corrected chi connectivity index (χ2v) is 9.70. The molecule has 2 saturated heterocycles. The minimum Gasteiger partial charge on any atom is -0.379 e. The molecule has 4 rings (SSSR count). The number of nitrogens with one attached hydrogen (secondary N) is 1. The molecule has 2 aromatic carbocycles. The van der Waals surface area contributed by atoms with E-state index in [1.807, 2.05) is 0 Å². The summed E-state index contributed by atoms with van der Waals surface area (Å²) in [5.74, 6) is -0.740. The number of sulfonamides is 1. The lowest BCUT2D eigenvalue weighted by Crippen LogP contribution is -2.40. The van der Waals surface area contributed by atoms with Crippen LogP contribution in [0.1, 0.15) is 18.4 Å². The number of halogens is 1. The van der Waals surface area contributed by atoms with Gasteiger partial charge in [-0.1, -0.05) is 12.1 Å². The van der Waals surface area contributed by atoms with E-state index in [0.29, 0.717) is 37.6 Å². The fourth-order valence-electron chi connectivity index (χ4n) is 3.87. The molecule has 2 aliphatic rings. The molecule has 9 heteroatoms. The van der Waals surface area contributed by atoms with Crippen LogP contribution in [0, 0.1) is 5.82 Å². The third-order valence-corrected chi connectivity index (χ3v) is 7.47. The van der Waals surface area contributed by atoms with Gasteiger partial charge in [-0.05, 0) is 54.8 Å². The molecule has 0 bridgehead atoms. The van der Waals surface area contributed by atoms with Crippen molar-refractivity contribution in [1.82, 2.24) is 4.31 Å². The van der Waals surface area contributed by atoms with Gasteiger partial charge in [-0.25, -0.2) is 12.8 Å². The molecular weight excluding hydrogens is 433 g/mol.